The summed E-state index contributed by atoms with van der Waals surface area (Å²) in [5.41, 5.74) is 1.35. The van der Waals surface area contributed by atoms with Crippen LogP contribution >= 0.6 is 0 Å². The molecule has 1 amide bonds. The summed E-state index contributed by atoms with van der Waals surface area (Å²) in [4.78, 5) is 18.4. The van der Waals surface area contributed by atoms with Crippen molar-refractivity contribution >= 4 is 5.91 Å². The van der Waals surface area contributed by atoms with Crippen LogP contribution in [0.4, 0.5) is 8.78 Å². The molecular formula is C21H18F2N2O. The van der Waals surface area contributed by atoms with Crippen LogP contribution < -0.4 is 0 Å². The summed E-state index contributed by atoms with van der Waals surface area (Å²) < 4.78 is 27.9. The summed E-state index contributed by atoms with van der Waals surface area (Å²) in [6.07, 6.45) is 3.64. The van der Waals surface area contributed by atoms with E-state index in [2.05, 4.69) is 4.98 Å². The fraction of sp³-hybridized carbons (Fsp3) is 0.143. The second-order valence-electron chi connectivity index (χ2n) is 5.91. The van der Waals surface area contributed by atoms with E-state index in [0.29, 0.717) is 12.0 Å². The van der Waals surface area contributed by atoms with Crippen LogP contribution in [0.15, 0.2) is 73.1 Å². The van der Waals surface area contributed by atoms with Crippen LogP contribution in [0.2, 0.25) is 0 Å². The number of carbonyl (C=O) groups is 1. The van der Waals surface area contributed by atoms with Gasteiger partial charge in [0.1, 0.15) is 11.6 Å². The van der Waals surface area contributed by atoms with Crippen molar-refractivity contribution in [1.29, 1.82) is 0 Å². The van der Waals surface area contributed by atoms with Gasteiger partial charge in [-0.15, -0.1) is 0 Å². The van der Waals surface area contributed by atoms with Crippen LogP contribution in [-0.2, 0) is 13.0 Å². The Labute approximate surface area is 150 Å². The Balaban J connectivity index is 1.83. The molecule has 3 nitrogen and oxygen atoms in total. The van der Waals surface area contributed by atoms with Crippen LogP contribution in [0, 0.1) is 11.6 Å². The maximum Gasteiger partial charge on any atom is 0.257 e. The van der Waals surface area contributed by atoms with Gasteiger partial charge in [0, 0.05) is 25.5 Å². The number of amides is 1. The van der Waals surface area contributed by atoms with Crippen molar-refractivity contribution in [1.82, 2.24) is 9.88 Å². The monoisotopic (exact) mass is 352 g/mol. The molecule has 3 aromatic rings. The Morgan fingerprint density at radius 3 is 2.35 bits per heavy atom. The minimum absolute atomic E-state index is 0.00456. The lowest BCUT2D eigenvalue weighted by Crippen LogP contribution is -2.33. The van der Waals surface area contributed by atoms with Gasteiger partial charge in [-0.1, -0.05) is 36.4 Å². The van der Waals surface area contributed by atoms with Gasteiger partial charge < -0.3 is 4.90 Å². The molecule has 0 saturated heterocycles. The van der Waals surface area contributed by atoms with Crippen molar-refractivity contribution in [3.63, 3.8) is 0 Å². The summed E-state index contributed by atoms with van der Waals surface area (Å²) >= 11 is 0. The number of nitrogens with zero attached hydrogens (tertiary/aromatic N) is 2. The van der Waals surface area contributed by atoms with Crippen molar-refractivity contribution in [3.05, 3.63) is 101 Å². The summed E-state index contributed by atoms with van der Waals surface area (Å²) in [5.74, 6) is -1.31. The molecule has 0 spiro atoms. The second-order valence-corrected chi connectivity index (χ2v) is 5.91. The molecular weight excluding hydrogens is 334 g/mol. The molecule has 3 rings (SSSR count). The summed E-state index contributed by atoms with van der Waals surface area (Å²) in [6.45, 7) is 0.540. The fourth-order valence-corrected chi connectivity index (χ4v) is 2.73. The molecule has 2 aromatic carbocycles. The van der Waals surface area contributed by atoms with E-state index < -0.39 is 11.7 Å². The van der Waals surface area contributed by atoms with Gasteiger partial charge in [0.15, 0.2) is 0 Å². The van der Waals surface area contributed by atoms with E-state index >= 15 is 0 Å². The summed E-state index contributed by atoms with van der Waals surface area (Å²) in [6, 6.07) is 15.9. The lowest BCUT2D eigenvalue weighted by molar-refractivity contribution is 0.0740. The highest BCUT2D eigenvalue weighted by Crippen LogP contribution is 2.15. The third-order valence-electron chi connectivity index (χ3n) is 4.10. The number of benzene rings is 2. The molecule has 0 radical (unpaired) electrons. The zero-order valence-electron chi connectivity index (χ0n) is 14.1. The quantitative estimate of drug-likeness (QED) is 0.665. The summed E-state index contributed by atoms with van der Waals surface area (Å²) in [5, 5.41) is 0. The van der Waals surface area contributed by atoms with Crippen LogP contribution in [0.1, 0.15) is 21.5 Å². The zero-order chi connectivity index (χ0) is 18.4. The van der Waals surface area contributed by atoms with Gasteiger partial charge in [0.25, 0.3) is 5.91 Å². The Hall–Kier alpha value is -3.08. The van der Waals surface area contributed by atoms with Crippen LogP contribution in [0.3, 0.4) is 0 Å². The van der Waals surface area contributed by atoms with Gasteiger partial charge >= 0.3 is 0 Å². The first kappa shape index (κ1) is 17.7. The molecule has 0 aliphatic heterocycles. The number of halogens is 2. The number of hydrogen-bond donors (Lipinski definition) is 0. The van der Waals surface area contributed by atoms with Gasteiger partial charge in [-0.25, -0.2) is 8.78 Å². The van der Waals surface area contributed by atoms with E-state index in [1.165, 1.54) is 29.2 Å². The molecule has 0 atom stereocenters. The van der Waals surface area contributed by atoms with Crippen LogP contribution in [0.25, 0.3) is 0 Å². The zero-order valence-corrected chi connectivity index (χ0v) is 14.1. The lowest BCUT2D eigenvalue weighted by atomic mass is 10.1. The van der Waals surface area contributed by atoms with Crippen molar-refractivity contribution in [2.45, 2.75) is 13.0 Å². The molecule has 0 N–H and O–H groups in total. The number of carbonyl (C=O) groups excluding carboxylic acids is 1. The Kier molecular flexibility index (Phi) is 5.69. The SMILES string of the molecule is O=C(c1ccccc1F)N(CCc1ccccc1F)Cc1cccnc1. The smallest absolute Gasteiger partial charge is 0.257 e. The average molecular weight is 352 g/mol. The molecule has 0 bridgehead atoms. The Morgan fingerprint density at radius 1 is 0.923 bits per heavy atom. The third-order valence-corrected chi connectivity index (χ3v) is 4.10. The molecule has 0 saturated carbocycles. The van der Waals surface area contributed by atoms with Gasteiger partial charge in [-0.05, 0) is 41.8 Å². The van der Waals surface area contributed by atoms with Gasteiger partial charge in [-0.3, -0.25) is 9.78 Å². The molecule has 0 aliphatic rings. The normalized spacial score (nSPS) is 10.5. The highest BCUT2D eigenvalue weighted by molar-refractivity contribution is 5.94. The molecule has 26 heavy (non-hydrogen) atoms. The molecule has 0 unspecified atom stereocenters. The highest BCUT2D eigenvalue weighted by atomic mass is 19.1. The predicted molar refractivity (Wildman–Crippen MR) is 95.5 cm³/mol. The predicted octanol–water partition coefficient (Wildman–Crippen LogP) is 4.24. The number of rotatable bonds is 6. The highest BCUT2D eigenvalue weighted by Gasteiger charge is 2.19. The van der Waals surface area contributed by atoms with Crippen molar-refractivity contribution in [2.75, 3.05) is 6.54 Å². The van der Waals surface area contributed by atoms with E-state index in [9.17, 15) is 13.6 Å². The summed E-state index contributed by atoms with van der Waals surface area (Å²) in [7, 11) is 0. The van der Waals surface area contributed by atoms with Crippen molar-refractivity contribution in [2.24, 2.45) is 0 Å². The standard InChI is InChI=1S/C21H18F2N2O/c22-19-9-3-1-7-17(19)11-13-25(15-16-6-5-12-24-14-16)21(26)18-8-2-4-10-20(18)23/h1-10,12,14H,11,13,15H2. The van der Waals surface area contributed by atoms with Gasteiger partial charge in [0.05, 0.1) is 5.56 Å². The molecule has 132 valence electrons. The minimum Gasteiger partial charge on any atom is -0.334 e. The first-order chi connectivity index (χ1) is 12.6. The Bertz CT molecular complexity index is 884. The Morgan fingerprint density at radius 2 is 1.65 bits per heavy atom. The number of aromatic nitrogens is 1. The molecule has 0 fully saturated rings. The van der Waals surface area contributed by atoms with Crippen LogP contribution in [0.5, 0.6) is 0 Å². The van der Waals surface area contributed by atoms with Gasteiger partial charge in [0.2, 0.25) is 0 Å². The maximum atomic E-state index is 14.0. The van der Waals surface area contributed by atoms with Gasteiger partial charge in [-0.2, -0.15) is 0 Å². The maximum absolute atomic E-state index is 14.0. The number of hydrogen-bond acceptors (Lipinski definition) is 2. The molecule has 1 heterocycles. The first-order valence-corrected chi connectivity index (χ1v) is 8.31. The second kappa shape index (κ2) is 8.34. The molecule has 0 aliphatic carbocycles. The van der Waals surface area contributed by atoms with E-state index in [1.807, 2.05) is 6.07 Å². The van der Waals surface area contributed by atoms with E-state index in [0.717, 1.165) is 5.56 Å². The van der Waals surface area contributed by atoms with Crippen LogP contribution in [-0.4, -0.2) is 22.3 Å². The average Bonchev–Trinajstić information content (AvgIpc) is 2.67. The van der Waals surface area contributed by atoms with E-state index in [1.54, 1.807) is 42.7 Å². The fourth-order valence-electron chi connectivity index (χ4n) is 2.73. The van der Waals surface area contributed by atoms with E-state index in [-0.39, 0.29) is 24.5 Å². The molecule has 1 aromatic heterocycles. The van der Waals surface area contributed by atoms with Crippen molar-refractivity contribution in [3.8, 4) is 0 Å². The van der Waals surface area contributed by atoms with Crippen molar-refractivity contribution < 1.29 is 13.6 Å². The lowest BCUT2D eigenvalue weighted by Gasteiger charge is -2.23. The minimum atomic E-state index is -0.570. The first-order valence-electron chi connectivity index (χ1n) is 8.31. The largest absolute Gasteiger partial charge is 0.334 e. The topological polar surface area (TPSA) is 33.2 Å². The van der Waals surface area contributed by atoms with E-state index in [4.69, 9.17) is 0 Å². The molecule has 5 heteroatoms. The number of pyridine rings is 1. The third kappa shape index (κ3) is 4.30.